The number of aliphatic carboxylic acids is 1. The van der Waals surface area contributed by atoms with Crippen molar-refractivity contribution in [2.75, 3.05) is 6.54 Å². The molecule has 1 fully saturated rings. The minimum absolute atomic E-state index is 0.0407. The number of rotatable bonds is 3. The Labute approximate surface area is 123 Å². The highest BCUT2D eigenvalue weighted by atomic mass is 16.5. The molecule has 116 valence electrons. The Morgan fingerprint density at radius 2 is 2.19 bits per heavy atom. The molecule has 1 aromatic heterocycles. The van der Waals surface area contributed by atoms with Gasteiger partial charge in [0.25, 0.3) is 0 Å². The van der Waals surface area contributed by atoms with Crippen LogP contribution in [0, 0.1) is 19.8 Å². The number of hydrogen-bond donors (Lipinski definition) is 2. The van der Waals surface area contributed by atoms with E-state index in [1.165, 1.54) is 4.90 Å². The predicted molar refractivity (Wildman–Crippen MR) is 74.7 cm³/mol. The highest BCUT2D eigenvalue weighted by Crippen LogP contribution is 2.23. The summed E-state index contributed by atoms with van der Waals surface area (Å²) in [5.41, 5.74) is 1.56. The lowest BCUT2D eigenvalue weighted by atomic mass is 9.91. The second-order valence-electron chi connectivity index (χ2n) is 5.56. The molecule has 1 aliphatic heterocycles. The highest BCUT2D eigenvalue weighted by Gasteiger charge is 2.37. The summed E-state index contributed by atoms with van der Waals surface area (Å²) in [7, 11) is 0. The van der Waals surface area contributed by atoms with E-state index in [4.69, 9.17) is 4.52 Å². The fraction of sp³-hybridized carbons (Fsp3) is 0.643. The summed E-state index contributed by atoms with van der Waals surface area (Å²) >= 11 is 0. The fourth-order valence-electron chi connectivity index (χ4n) is 2.81. The smallest absolute Gasteiger partial charge is 0.326 e. The summed E-state index contributed by atoms with van der Waals surface area (Å²) in [4.78, 5) is 25.1. The first kappa shape index (κ1) is 15.3. The standard InChI is InChI=1S/C14H21N3O4/c1-8-5-4-6-17(12(8)13(18)19)14(20)15-7-11-9(2)16-21-10(11)3/h8,12H,4-7H2,1-3H3,(H,15,20)(H,18,19). The van der Waals surface area contributed by atoms with Gasteiger partial charge in [-0.05, 0) is 32.6 Å². The maximum atomic E-state index is 12.3. The van der Waals surface area contributed by atoms with Crippen molar-refractivity contribution in [3.63, 3.8) is 0 Å². The van der Waals surface area contributed by atoms with E-state index in [-0.39, 0.29) is 18.5 Å². The van der Waals surface area contributed by atoms with Gasteiger partial charge in [0, 0.05) is 18.7 Å². The normalized spacial score (nSPS) is 22.1. The number of carboxylic acid groups (broad SMARTS) is 1. The van der Waals surface area contributed by atoms with Crippen molar-refractivity contribution in [2.24, 2.45) is 5.92 Å². The molecular weight excluding hydrogens is 274 g/mol. The first-order chi connectivity index (χ1) is 9.91. The lowest BCUT2D eigenvalue weighted by molar-refractivity contribution is -0.145. The number of nitrogens with zero attached hydrogens (tertiary/aromatic N) is 2. The quantitative estimate of drug-likeness (QED) is 0.884. The molecule has 2 heterocycles. The zero-order valence-electron chi connectivity index (χ0n) is 12.5. The van der Waals surface area contributed by atoms with Gasteiger partial charge in [0.1, 0.15) is 11.8 Å². The number of piperidine rings is 1. The van der Waals surface area contributed by atoms with E-state index in [2.05, 4.69) is 10.5 Å². The minimum atomic E-state index is -0.949. The van der Waals surface area contributed by atoms with Gasteiger partial charge in [-0.3, -0.25) is 0 Å². The molecule has 7 nitrogen and oxygen atoms in total. The molecule has 0 aliphatic carbocycles. The summed E-state index contributed by atoms with van der Waals surface area (Å²) in [5.74, 6) is -0.328. The van der Waals surface area contributed by atoms with Crippen LogP contribution in [-0.4, -0.2) is 39.8 Å². The topological polar surface area (TPSA) is 95.7 Å². The molecular formula is C14H21N3O4. The number of carbonyl (C=O) groups excluding carboxylic acids is 1. The molecule has 0 bridgehead atoms. The van der Waals surface area contributed by atoms with Gasteiger partial charge in [-0.15, -0.1) is 0 Å². The number of urea groups is 1. The van der Waals surface area contributed by atoms with Gasteiger partial charge < -0.3 is 19.8 Å². The van der Waals surface area contributed by atoms with Crippen LogP contribution in [0.4, 0.5) is 4.79 Å². The van der Waals surface area contributed by atoms with Crippen molar-refractivity contribution in [1.82, 2.24) is 15.4 Å². The van der Waals surface area contributed by atoms with E-state index in [0.717, 1.165) is 24.1 Å². The maximum absolute atomic E-state index is 12.3. The van der Waals surface area contributed by atoms with Gasteiger partial charge in [0.05, 0.1) is 5.69 Å². The summed E-state index contributed by atoms with van der Waals surface area (Å²) in [5, 5.41) is 15.9. The maximum Gasteiger partial charge on any atom is 0.326 e. The highest BCUT2D eigenvalue weighted by molar-refractivity contribution is 5.83. The van der Waals surface area contributed by atoms with Gasteiger partial charge >= 0.3 is 12.0 Å². The Morgan fingerprint density at radius 3 is 2.76 bits per heavy atom. The van der Waals surface area contributed by atoms with Crippen molar-refractivity contribution in [1.29, 1.82) is 0 Å². The molecule has 1 aromatic rings. The van der Waals surface area contributed by atoms with Crippen LogP contribution in [0.2, 0.25) is 0 Å². The van der Waals surface area contributed by atoms with Crippen LogP contribution in [0.5, 0.6) is 0 Å². The molecule has 7 heteroatoms. The number of hydrogen-bond acceptors (Lipinski definition) is 4. The lowest BCUT2D eigenvalue weighted by Crippen LogP contribution is -2.54. The average Bonchev–Trinajstić information content (AvgIpc) is 2.74. The van der Waals surface area contributed by atoms with E-state index >= 15 is 0 Å². The molecule has 0 radical (unpaired) electrons. The molecule has 2 unspecified atom stereocenters. The molecule has 2 atom stereocenters. The number of carboxylic acids is 1. The van der Waals surface area contributed by atoms with Crippen LogP contribution in [0.3, 0.4) is 0 Å². The van der Waals surface area contributed by atoms with Gasteiger partial charge in [-0.2, -0.15) is 0 Å². The van der Waals surface area contributed by atoms with E-state index in [9.17, 15) is 14.7 Å². The predicted octanol–water partition coefficient (Wildman–Crippen LogP) is 1.69. The summed E-state index contributed by atoms with van der Waals surface area (Å²) in [6.45, 7) is 6.21. The molecule has 2 N–H and O–H groups in total. The number of aryl methyl sites for hydroxylation is 2. The van der Waals surface area contributed by atoms with Crippen molar-refractivity contribution >= 4 is 12.0 Å². The van der Waals surface area contributed by atoms with Crippen molar-refractivity contribution in [3.05, 3.63) is 17.0 Å². The average molecular weight is 295 g/mol. The Kier molecular flexibility index (Phi) is 4.50. The van der Waals surface area contributed by atoms with Crippen LogP contribution >= 0.6 is 0 Å². The second kappa shape index (κ2) is 6.15. The Morgan fingerprint density at radius 1 is 1.48 bits per heavy atom. The summed E-state index contributed by atoms with van der Waals surface area (Å²) in [6.07, 6.45) is 1.65. The zero-order valence-corrected chi connectivity index (χ0v) is 12.5. The van der Waals surface area contributed by atoms with Gasteiger partial charge in [0.2, 0.25) is 0 Å². The first-order valence-corrected chi connectivity index (χ1v) is 7.10. The molecule has 0 spiro atoms. The third-order valence-corrected chi connectivity index (χ3v) is 4.04. The van der Waals surface area contributed by atoms with Crippen LogP contribution in [-0.2, 0) is 11.3 Å². The van der Waals surface area contributed by atoms with Crippen LogP contribution < -0.4 is 5.32 Å². The molecule has 21 heavy (non-hydrogen) atoms. The summed E-state index contributed by atoms with van der Waals surface area (Å²) in [6, 6.07) is -1.11. The van der Waals surface area contributed by atoms with Crippen LogP contribution in [0.25, 0.3) is 0 Å². The molecule has 2 amide bonds. The van der Waals surface area contributed by atoms with Gasteiger partial charge in [-0.25, -0.2) is 9.59 Å². The third-order valence-electron chi connectivity index (χ3n) is 4.04. The van der Waals surface area contributed by atoms with Crippen molar-refractivity contribution < 1.29 is 19.2 Å². The molecule has 1 saturated heterocycles. The molecule has 0 aromatic carbocycles. The van der Waals surface area contributed by atoms with Crippen molar-refractivity contribution in [3.8, 4) is 0 Å². The number of nitrogens with one attached hydrogen (secondary N) is 1. The third kappa shape index (κ3) is 3.17. The first-order valence-electron chi connectivity index (χ1n) is 7.10. The minimum Gasteiger partial charge on any atom is -0.480 e. The summed E-state index contributed by atoms with van der Waals surface area (Å²) < 4.78 is 5.04. The van der Waals surface area contributed by atoms with E-state index in [1.807, 2.05) is 6.92 Å². The number of amides is 2. The van der Waals surface area contributed by atoms with E-state index < -0.39 is 12.0 Å². The largest absolute Gasteiger partial charge is 0.480 e. The monoisotopic (exact) mass is 295 g/mol. The lowest BCUT2D eigenvalue weighted by Gasteiger charge is -2.37. The van der Waals surface area contributed by atoms with Gasteiger partial charge in [-0.1, -0.05) is 12.1 Å². The Hall–Kier alpha value is -2.05. The molecule has 0 saturated carbocycles. The molecule has 1 aliphatic rings. The van der Waals surface area contributed by atoms with Crippen LogP contribution in [0.15, 0.2) is 4.52 Å². The second-order valence-corrected chi connectivity index (χ2v) is 5.56. The number of aromatic nitrogens is 1. The zero-order chi connectivity index (χ0) is 15.6. The molecule has 2 rings (SSSR count). The van der Waals surface area contributed by atoms with Crippen LogP contribution in [0.1, 0.15) is 36.8 Å². The Balaban J connectivity index is 2.03. The fourth-order valence-corrected chi connectivity index (χ4v) is 2.81. The van der Waals surface area contributed by atoms with E-state index in [1.54, 1.807) is 13.8 Å². The number of likely N-dealkylation sites (tertiary alicyclic amines) is 1. The van der Waals surface area contributed by atoms with Crippen molar-refractivity contribution in [2.45, 2.75) is 46.2 Å². The van der Waals surface area contributed by atoms with E-state index in [0.29, 0.717) is 12.3 Å². The van der Waals surface area contributed by atoms with Gasteiger partial charge in [0.15, 0.2) is 0 Å². The number of carbonyl (C=O) groups is 2. The Bertz CT molecular complexity index is 521. The SMILES string of the molecule is Cc1noc(C)c1CNC(=O)N1CCCC(C)C1C(=O)O.